The van der Waals surface area contributed by atoms with E-state index in [1.165, 1.54) is 44.9 Å². The van der Waals surface area contributed by atoms with Crippen molar-refractivity contribution < 1.29 is 0 Å². The molecule has 114 valence electrons. The summed E-state index contributed by atoms with van der Waals surface area (Å²) in [5.74, 6) is 1.03. The van der Waals surface area contributed by atoms with E-state index in [1.807, 2.05) is 0 Å². The molecule has 5 nitrogen and oxygen atoms in total. The largest absolute Gasteiger partial charge is 0.357 e. The highest BCUT2D eigenvalue weighted by molar-refractivity contribution is 6.28. The topological polar surface area (TPSA) is 62.7 Å². The predicted molar refractivity (Wildman–Crippen MR) is 85.5 cm³/mol. The molecule has 0 bridgehead atoms. The molecule has 1 rings (SSSR count). The van der Waals surface area contributed by atoms with Gasteiger partial charge in [-0.15, -0.1) is 0 Å². The molecule has 20 heavy (non-hydrogen) atoms. The minimum atomic E-state index is 0.211. The zero-order chi connectivity index (χ0) is 14.6. The van der Waals surface area contributed by atoms with Gasteiger partial charge >= 0.3 is 0 Å². The first-order valence-corrected chi connectivity index (χ1v) is 7.97. The van der Waals surface area contributed by atoms with E-state index in [-0.39, 0.29) is 5.28 Å². The van der Waals surface area contributed by atoms with Crippen LogP contribution in [0.1, 0.15) is 58.3 Å². The maximum atomic E-state index is 5.81. The zero-order valence-electron chi connectivity index (χ0n) is 12.6. The average molecular weight is 300 g/mol. The van der Waals surface area contributed by atoms with Gasteiger partial charge in [0.1, 0.15) is 0 Å². The molecular weight excluding hydrogens is 274 g/mol. The molecule has 0 fully saturated rings. The fourth-order valence-corrected chi connectivity index (χ4v) is 2.16. The second kappa shape index (κ2) is 10.7. The molecule has 6 heteroatoms. The van der Waals surface area contributed by atoms with E-state index >= 15 is 0 Å². The van der Waals surface area contributed by atoms with Gasteiger partial charge in [-0.1, -0.05) is 51.9 Å². The molecule has 0 saturated heterocycles. The molecule has 0 amide bonds. The quantitative estimate of drug-likeness (QED) is 0.602. The van der Waals surface area contributed by atoms with Crippen molar-refractivity contribution in [1.82, 2.24) is 15.0 Å². The minimum Gasteiger partial charge on any atom is -0.357 e. The molecule has 0 unspecified atom stereocenters. The van der Waals surface area contributed by atoms with Crippen LogP contribution in [-0.4, -0.2) is 28.5 Å². The summed E-state index contributed by atoms with van der Waals surface area (Å²) in [4.78, 5) is 12.2. The molecule has 0 aliphatic heterocycles. The zero-order valence-corrected chi connectivity index (χ0v) is 13.3. The molecule has 1 heterocycles. The van der Waals surface area contributed by atoms with Gasteiger partial charge in [0.2, 0.25) is 17.2 Å². The van der Waals surface area contributed by atoms with Crippen molar-refractivity contribution in [1.29, 1.82) is 0 Å². The third-order valence-corrected chi connectivity index (χ3v) is 3.31. The molecule has 2 N–H and O–H groups in total. The van der Waals surface area contributed by atoms with Gasteiger partial charge in [0.15, 0.2) is 0 Å². The van der Waals surface area contributed by atoms with Crippen LogP contribution in [0.4, 0.5) is 11.9 Å². The third-order valence-electron chi connectivity index (χ3n) is 3.15. The van der Waals surface area contributed by atoms with Gasteiger partial charge in [-0.2, -0.15) is 15.0 Å². The van der Waals surface area contributed by atoms with Crippen molar-refractivity contribution in [2.24, 2.45) is 0 Å². The Hall–Kier alpha value is -1.10. The lowest BCUT2D eigenvalue weighted by Crippen LogP contribution is -2.08. The van der Waals surface area contributed by atoms with E-state index in [0.29, 0.717) is 11.9 Å². The van der Waals surface area contributed by atoms with Crippen LogP contribution in [-0.2, 0) is 0 Å². The van der Waals surface area contributed by atoms with Gasteiger partial charge in [-0.05, 0) is 18.0 Å². The van der Waals surface area contributed by atoms with Crippen LogP contribution in [0.25, 0.3) is 0 Å². The van der Waals surface area contributed by atoms with Crippen molar-refractivity contribution in [2.75, 3.05) is 24.2 Å². The first kappa shape index (κ1) is 17.0. The Labute approximate surface area is 127 Å². The van der Waals surface area contributed by atoms with Crippen LogP contribution in [0.5, 0.6) is 0 Å². The molecule has 0 atom stereocenters. The number of unbranched alkanes of at least 4 members (excludes halogenated alkanes) is 7. The normalized spacial score (nSPS) is 10.6. The van der Waals surface area contributed by atoms with Gasteiger partial charge in [-0.3, -0.25) is 0 Å². The predicted octanol–water partition coefficient (Wildman–Crippen LogP) is 4.12. The summed E-state index contributed by atoms with van der Waals surface area (Å²) in [5.41, 5.74) is 0. The Balaban J connectivity index is 2.08. The van der Waals surface area contributed by atoms with E-state index in [2.05, 4.69) is 32.5 Å². The number of nitrogens with zero attached hydrogens (tertiary/aromatic N) is 3. The first-order chi connectivity index (χ1) is 9.76. The summed E-state index contributed by atoms with van der Waals surface area (Å²) in [6.45, 7) is 3.12. The molecule has 1 aromatic rings. The van der Waals surface area contributed by atoms with Crippen LogP contribution in [0.15, 0.2) is 0 Å². The van der Waals surface area contributed by atoms with Gasteiger partial charge in [-0.25, -0.2) is 0 Å². The van der Waals surface area contributed by atoms with Crippen LogP contribution in [0, 0.1) is 0 Å². The van der Waals surface area contributed by atoms with E-state index in [1.54, 1.807) is 7.05 Å². The number of nitrogens with one attached hydrogen (secondary N) is 2. The van der Waals surface area contributed by atoms with Crippen molar-refractivity contribution >= 4 is 23.5 Å². The summed E-state index contributed by atoms with van der Waals surface area (Å²) in [6, 6.07) is 0. The van der Waals surface area contributed by atoms with Gasteiger partial charge in [0, 0.05) is 13.6 Å². The molecule has 0 saturated carbocycles. The number of hydrogen-bond donors (Lipinski definition) is 2. The monoisotopic (exact) mass is 299 g/mol. The second-order valence-electron chi connectivity index (χ2n) is 4.90. The van der Waals surface area contributed by atoms with E-state index in [9.17, 15) is 0 Å². The highest BCUT2D eigenvalue weighted by atomic mass is 35.5. The average Bonchev–Trinajstić information content (AvgIpc) is 2.45. The Bertz CT molecular complexity index is 373. The fraction of sp³-hybridized carbons (Fsp3) is 0.786. The number of halogens is 1. The highest BCUT2D eigenvalue weighted by Gasteiger charge is 2.02. The van der Waals surface area contributed by atoms with Gasteiger partial charge in [0.25, 0.3) is 0 Å². The number of anilines is 2. The van der Waals surface area contributed by atoms with Crippen molar-refractivity contribution in [3.63, 3.8) is 0 Å². The molecule has 0 aromatic carbocycles. The van der Waals surface area contributed by atoms with Gasteiger partial charge < -0.3 is 10.6 Å². The Morgan fingerprint density at radius 1 is 0.850 bits per heavy atom. The van der Waals surface area contributed by atoms with E-state index in [0.717, 1.165) is 13.0 Å². The maximum Gasteiger partial charge on any atom is 0.228 e. The molecule has 0 radical (unpaired) electrons. The lowest BCUT2D eigenvalue weighted by atomic mass is 10.1. The summed E-state index contributed by atoms with van der Waals surface area (Å²) in [5, 5.41) is 6.25. The molecular formula is C14H26ClN5. The highest BCUT2D eigenvalue weighted by Crippen LogP contribution is 2.10. The Kier molecular flexibility index (Phi) is 9.04. The summed E-state index contributed by atoms with van der Waals surface area (Å²) in [6.07, 6.45) is 10.5. The Morgan fingerprint density at radius 2 is 1.45 bits per heavy atom. The Morgan fingerprint density at radius 3 is 2.10 bits per heavy atom. The summed E-state index contributed by atoms with van der Waals surface area (Å²) in [7, 11) is 1.76. The smallest absolute Gasteiger partial charge is 0.228 e. The lowest BCUT2D eigenvalue weighted by Gasteiger charge is -2.06. The first-order valence-electron chi connectivity index (χ1n) is 7.59. The van der Waals surface area contributed by atoms with Gasteiger partial charge in [0.05, 0.1) is 0 Å². The molecule has 0 aliphatic carbocycles. The number of rotatable bonds is 11. The van der Waals surface area contributed by atoms with Crippen molar-refractivity contribution in [3.05, 3.63) is 5.28 Å². The maximum absolute atomic E-state index is 5.81. The van der Waals surface area contributed by atoms with Crippen molar-refractivity contribution in [3.8, 4) is 0 Å². The minimum absolute atomic E-state index is 0.211. The summed E-state index contributed by atoms with van der Waals surface area (Å²) >= 11 is 5.81. The standard InChI is InChI=1S/C14H26ClN5/c1-3-4-5-6-7-8-9-10-11-17-14-19-12(15)18-13(16-2)20-14/h3-11H2,1-2H3,(H2,16,17,18,19,20). The third kappa shape index (κ3) is 7.48. The molecule has 0 aliphatic rings. The molecule has 0 spiro atoms. The van der Waals surface area contributed by atoms with Crippen LogP contribution in [0.2, 0.25) is 5.28 Å². The van der Waals surface area contributed by atoms with E-state index < -0.39 is 0 Å². The SMILES string of the molecule is CCCCCCCCCCNc1nc(Cl)nc(NC)n1. The van der Waals surface area contributed by atoms with Crippen LogP contribution >= 0.6 is 11.6 Å². The van der Waals surface area contributed by atoms with E-state index in [4.69, 9.17) is 11.6 Å². The lowest BCUT2D eigenvalue weighted by molar-refractivity contribution is 0.580. The number of hydrogen-bond acceptors (Lipinski definition) is 5. The van der Waals surface area contributed by atoms with Crippen molar-refractivity contribution in [2.45, 2.75) is 58.3 Å². The van der Waals surface area contributed by atoms with Crippen LogP contribution < -0.4 is 10.6 Å². The number of aromatic nitrogens is 3. The summed E-state index contributed by atoms with van der Waals surface area (Å²) < 4.78 is 0. The van der Waals surface area contributed by atoms with Crippen LogP contribution in [0.3, 0.4) is 0 Å². The molecule has 1 aromatic heterocycles. The second-order valence-corrected chi connectivity index (χ2v) is 5.24. The fourth-order valence-electron chi connectivity index (χ4n) is 2.00.